The van der Waals surface area contributed by atoms with Crippen LogP contribution in [0.4, 0.5) is 0 Å². The van der Waals surface area contributed by atoms with E-state index in [0.29, 0.717) is 25.0 Å². The molecule has 1 saturated carbocycles. The predicted octanol–water partition coefficient (Wildman–Crippen LogP) is 3.72. The second-order valence-corrected chi connectivity index (χ2v) is 9.07. The van der Waals surface area contributed by atoms with Crippen molar-refractivity contribution in [3.05, 3.63) is 29.5 Å². The fourth-order valence-corrected chi connectivity index (χ4v) is 4.65. The molecule has 8 nitrogen and oxygen atoms in total. The standard InChI is InChI=1S/C24H34N4O4/c1-16-11-22(32-28-16)21-13-25-17(2)27-24(21)19-8-6-18(7-9-19)12-26-23(29)15-30-14-20-5-3-4-10-31-20/h11,13,18-20H,3-10,12,14-15H2,1-2H3,(H,26,29)/t18?,19?,20-/m1/s1. The highest BCUT2D eigenvalue weighted by Gasteiger charge is 2.27. The van der Waals surface area contributed by atoms with Gasteiger partial charge in [-0.1, -0.05) is 5.16 Å². The van der Waals surface area contributed by atoms with Gasteiger partial charge in [0.05, 0.1) is 29.7 Å². The van der Waals surface area contributed by atoms with E-state index in [0.717, 1.165) is 73.7 Å². The van der Waals surface area contributed by atoms with Crippen LogP contribution in [0.1, 0.15) is 68.1 Å². The Kier molecular flexibility index (Phi) is 7.86. The molecule has 1 atom stereocenters. The first-order valence-electron chi connectivity index (χ1n) is 11.8. The predicted molar refractivity (Wildman–Crippen MR) is 119 cm³/mol. The number of rotatable bonds is 8. The van der Waals surface area contributed by atoms with Crippen LogP contribution in [0.3, 0.4) is 0 Å². The Labute approximate surface area is 189 Å². The molecule has 0 spiro atoms. The zero-order valence-corrected chi connectivity index (χ0v) is 19.1. The summed E-state index contributed by atoms with van der Waals surface area (Å²) in [6.45, 7) is 5.95. The molecular weight excluding hydrogens is 408 g/mol. The third kappa shape index (κ3) is 6.13. The molecule has 2 aliphatic rings. The van der Waals surface area contributed by atoms with Crippen LogP contribution in [-0.2, 0) is 14.3 Å². The van der Waals surface area contributed by atoms with Gasteiger partial charge in [0.2, 0.25) is 5.91 Å². The smallest absolute Gasteiger partial charge is 0.246 e. The molecule has 8 heteroatoms. The maximum absolute atomic E-state index is 12.1. The first-order chi connectivity index (χ1) is 15.6. The van der Waals surface area contributed by atoms with Crippen molar-refractivity contribution in [3.8, 4) is 11.3 Å². The fraction of sp³-hybridized carbons (Fsp3) is 0.667. The van der Waals surface area contributed by atoms with Crippen molar-refractivity contribution >= 4 is 5.91 Å². The largest absolute Gasteiger partial charge is 0.376 e. The Morgan fingerprint density at radius 2 is 2.03 bits per heavy atom. The molecule has 1 saturated heterocycles. The second kappa shape index (κ2) is 11.0. The topological polar surface area (TPSA) is 99.4 Å². The molecule has 2 fully saturated rings. The van der Waals surface area contributed by atoms with E-state index in [-0.39, 0.29) is 18.6 Å². The first-order valence-corrected chi connectivity index (χ1v) is 11.8. The summed E-state index contributed by atoms with van der Waals surface area (Å²) in [4.78, 5) is 21.3. The number of hydrogen-bond donors (Lipinski definition) is 1. The van der Waals surface area contributed by atoms with Gasteiger partial charge in [0.1, 0.15) is 12.4 Å². The number of carbonyl (C=O) groups excluding carboxylic acids is 1. The van der Waals surface area contributed by atoms with Crippen LogP contribution in [0.2, 0.25) is 0 Å². The molecule has 174 valence electrons. The number of nitrogens with one attached hydrogen (secondary N) is 1. The number of amides is 1. The van der Waals surface area contributed by atoms with Crippen molar-refractivity contribution in [2.45, 2.75) is 70.8 Å². The maximum Gasteiger partial charge on any atom is 0.246 e. The lowest BCUT2D eigenvalue weighted by molar-refractivity contribution is -0.128. The molecule has 4 rings (SSSR count). The van der Waals surface area contributed by atoms with Gasteiger partial charge in [-0.3, -0.25) is 4.79 Å². The summed E-state index contributed by atoms with van der Waals surface area (Å²) >= 11 is 0. The van der Waals surface area contributed by atoms with Crippen LogP contribution in [0.5, 0.6) is 0 Å². The molecule has 0 radical (unpaired) electrons. The number of aryl methyl sites for hydroxylation is 2. The average molecular weight is 443 g/mol. The summed E-state index contributed by atoms with van der Waals surface area (Å²) in [5, 5.41) is 7.05. The van der Waals surface area contributed by atoms with Crippen LogP contribution < -0.4 is 5.32 Å². The Morgan fingerprint density at radius 1 is 1.19 bits per heavy atom. The molecule has 0 bridgehead atoms. The monoisotopic (exact) mass is 442 g/mol. The van der Waals surface area contributed by atoms with Gasteiger partial charge < -0.3 is 19.3 Å². The van der Waals surface area contributed by atoms with Crippen LogP contribution >= 0.6 is 0 Å². The van der Waals surface area contributed by atoms with Crippen LogP contribution in [-0.4, -0.2) is 53.5 Å². The summed E-state index contributed by atoms with van der Waals surface area (Å²) in [5.41, 5.74) is 2.84. The summed E-state index contributed by atoms with van der Waals surface area (Å²) in [5.74, 6) is 2.30. The lowest BCUT2D eigenvalue weighted by Gasteiger charge is -2.29. The van der Waals surface area contributed by atoms with Gasteiger partial charge in [-0.2, -0.15) is 0 Å². The van der Waals surface area contributed by atoms with E-state index in [1.165, 1.54) is 6.42 Å². The summed E-state index contributed by atoms with van der Waals surface area (Å²) in [7, 11) is 0. The zero-order valence-electron chi connectivity index (χ0n) is 19.1. The Balaban J connectivity index is 1.22. The number of carbonyl (C=O) groups is 1. The Hall–Kier alpha value is -2.32. The molecule has 1 aliphatic carbocycles. The molecule has 2 aromatic heterocycles. The van der Waals surface area contributed by atoms with E-state index in [1.807, 2.05) is 26.1 Å². The van der Waals surface area contributed by atoms with Gasteiger partial charge in [0, 0.05) is 31.3 Å². The van der Waals surface area contributed by atoms with E-state index < -0.39 is 0 Å². The van der Waals surface area contributed by atoms with Crippen molar-refractivity contribution < 1.29 is 18.8 Å². The van der Waals surface area contributed by atoms with Crippen molar-refractivity contribution in [1.29, 1.82) is 0 Å². The minimum atomic E-state index is -0.0441. The number of ether oxygens (including phenoxy) is 2. The van der Waals surface area contributed by atoms with E-state index in [4.69, 9.17) is 19.0 Å². The maximum atomic E-state index is 12.1. The third-order valence-electron chi connectivity index (χ3n) is 6.46. The Bertz CT molecular complexity index is 886. The van der Waals surface area contributed by atoms with Crippen LogP contribution in [0, 0.1) is 19.8 Å². The molecule has 32 heavy (non-hydrogen) atoms. The summed E-state index contributed by atoms with van der Waals surface area (Å²) < 4.78 is 16.7. The minimum absolute atomic E-state index is 0.0441. The lowest BCUT2D eigenvalue weighted by atomic mass is 9.79. The van der Waals surface area contributed by atoms with Gasteiger partial charge in [-0.15, -0.1) is 0 Å². The highest BCUT2D eigenvalue weighted by Crippen LogP contribution is 2.38. The zero-order chi connectivity index (χ0) is 22.3. The van der Waals surface area contributed by atoms with Crippen molar-refractivity contribution in [2.75, 3.05) is 26.4 Å². The second-order valence-electron chi connectivity index (χ2n) is 9.07. The molecular formula is C24H34N4O4. The number of hydrogen-bond acceptors (Lipinski definition) is 7. The van der Waals surface area contributed by atoms with Crippen molar-refractivity contribution in [1.82, 2.24) is 20.4 Å². The molecule has 3 heterocycles. The van der Waals surface area contributed by atoms with Crippen molar-refractivity contribution in [3.63, 3.8) is 0 Å². The van der Waals surface area contributed by atoms with Gasteiger partial charge in [0.15, 0.2) is 5.76 Å². The first kappa shape index (κ1) is 22.9. The molecule has 1 N–H and O–H groups in total. The molecule has 1 amide bonds. The van der Waals surface area contributed by atoms with Gasteiger partial charge in [-0.05, 0) is 64.7 Å². The van der Waals surface area contributed by atoms with Crippen LogP contribution in [0.15, 0.2) is 16.8 Å². The third-order valence-corrected chi connectivity index (χ3v) is 6.46. The molecule has 2 aromatic rings. The highest BCUT2D eigenvalue weighted by molar-refractivity contribution is 5.77. The lowest BCUT2D eigenvalue weighted by Crippen LogP contribution is -2.34. The minimum Gasteiger partial charge on any atom is -0.376 e. The van der Waals surface area contributed by atoms with Gasteiger partial charge in [0.25, 0.3) is 0 Å². The Morgan fingerprint density at radius 3 is 2.75 bits per heavy atom. The van der Waals surface area contributed by atoms with Gasteiger partial charge in [-0.25, -0.2) is 9.97 Å². The highest BCUT2D eigenvalue weighted by atomic mass is 16.5. The fourth-order valence-electron chi connectivity index (χ4n) is 4.65. The molecule has 0 unspecified atom stereocenters. The number of nitrogens with zero attached hydrogens (tertiary/aromatic N) is 3. The molecule has 0 aromatic carbocycles. The van der Waals surface area contributed by atoms with E-state index in [1.54, 1.807) is 0 Å². The quantitative estimate of drug-likeness (QED) is 0.665. The van der Waals surface area contributed by atoms with E-state index in [9.17, 15) is 4.79 Å². The van der Waals surface area contributed by atoms with Crippen molar-refractivity contribution in [2.24, 2.45) is 5.92 Å². The van der Waals surface area contributed by atoms with E-state index >= 15 is 0 Å². The average Bonchev–Trinajstić information content (AvgIpc) is 3.25. The normalized spacial score (nSPS) is 23.8. The molecule has 1 aliphatic heterocycles. The summed E-state index contributed by atoms with van der Waals surface area (Å²) in [6, 6.07) is 1.93. The van der Waals surface area contributed by atoms with Gasteiger partial charge >= 0.3 is 0 Å². The summed E-state index contributed by atoms with van der Waals surface area (Å²) in [6.07, 6.45) is 9.49. The van der Waals surface area contributed by atoms with E-state index in [2.05, 4.69) is 15.5 Å². The SMILES string of the molecule is Cc1cc(-c2cnc(C)nc2C2CCC(CNC(=O)COC[C@H]3CCCCO3)CC2)on1. The van der Waals surface area contributed by atoms with Crippen LogP contribution in [0.25, 0.3) is 11.3 Å². The number of aromatic nitrogens is 3.